The Morgan fingerprint density at radius 3 is 2.50 bits per heavy atom. The number of β-amino-alcohol motifs (C(OH)–C–C–N with tert-alkyl or cyclic N) is 1. The Labute approximate surface area is 154 Å². The first kappa shape index (κ1) is 20.0. The number of benzene rings is 1. The van der Waals surface area contributed by atoms with Gasteiger partial charge in [-0.05, 0) is 32.8 Å². The van der Waals surface area contributed by atoms with Crippen LogP contribution in [0.5, 0.6) is 0 Å². The van der Waals surface area contributed by atoms with Crippen LogP contribution in [0.25, 0.3) is 0 Å². The number of amides is 2. The molecule has 0 spiro atoms. The Morgan fingerprint density at radius 1 is 1.23 bits per heavy atom. The van der Waals surface area contributed by atoms with Crippen molar-refractivity contribution in [3.05, 3.63) is 35.9 Å². The molecular weight excluding hydrogens is 336 g/mol. The van der Waals surface area contributed by atoms with Crippen LogP contribution >= 0.6 is 0 Å². The van der Waals surface area contributed by atoms with Crippen LogP contribution in [0.4, 0.5) is 9.59 Å². The van der Waals surface area contributed by atoms with Crippen molar-refractivity contribution in [3.63, 3.8) is 0 Å². The molecule has 1 aliphatic heterocycles. The zero-order valence-corrected chi connectivity index (χ0v) is 15.8. The molecule has 7 heteroatoms. The standard InChI is InChI=1S/C19H28N2O5/c1-19(2,3)26-18(24)21-11-15(10-16(22)12-21)20(4)17(23)25-13-14-8-6-5-7-9-14/h5-9,15-16,22H,10-13H2,1-4H3/t15-,16-/m1/s1. The van der Waals surface area contributed by atoms with Crippen molar-refractivity contribution in [2.45, 2.75) is 51.5 Å². The second kappa shape index (κ2) is 8.40. The molecule has 1 heterocycles. The summed E-state index contributed by atoms with van der Waals surface area (Å²) < 4.78 is 10.7. The molecule has 0 radical (unpaired) electrons. The Bertz CT molecular complexity index is 614. The number of aliphatic hydroxyl groups excluding tert-OH is 1. The quantitative estimate of drug-likeness (QED) is 0.892. The third kappa shape index (κ3) is 5.91. The molecule has 0 aliphatic carbocycles. The van der Waals surface area contributed by atoms with Crippen molar-refractivity contribution >= 4 is 12.2 Å². The topological polar surface area (TPSA) is 79.3 Å². The number of likely N-dealkylation sites (tertiary alicyclic amines) is 1. The zero-order valence-electron chi connectivity index (χ0n) is 15.8. The van der Waals surface area contributed by atoms with Gasteiger partial charge >= 0.3 is 12.2 Å². The molecule has 0 bridgehead atoms. The van der Waals surface area contributed by atoms with Crippen LogP contribution in [0.1, 0.15) is 32.8 Å². The minimum atomic E-state index is -0.717. The SMILES string of the molecule is CN(C(=O)OCc1ccccc1)[C@@H]1C[C@@H](O)CN(C(=O)OC(C)(C)C)C1. The summed E-state index contributed by atoms with van der Waals surface area (Å²) in [6.07, 6.45) is -1.31. The van der Waals surface area contributed by atoms with Crippen LogP contribution in [-0.2, 0) is 16.1 Å². The van der Waals surface area contributed by atoms with E-state index in [2.05, 4.69) is 0 Å². The van der Waals surface area contributed by atoms with Gasteiger partial charge in [0.25, 0.3) is 0 Å². The van der Waals surface area contributed by atoms with E-state index in [0.717, 1.165) is 5.56 Å². The monoisotopic (exact) mass is 364 g/mol. The first-order chi connectivity index (χ1) is 12.2. The van der Waals surface area contributed by atoms with Gasteiger partial charge < -0.3 is 24.4 Å². The maximum absolute atomic E-state index is 12.3. The number of carbonyl (C=O) groups is 2. The van der Waals surface area contributed by atoms with E-state index in [9.17, 15) is 14.7 Å². The van der Waals surface area contributed by atoms with E-state index in [1.807, 2.05) is 30.3 Å². The number of rotatable bonds is 3. The summed E-state index contributed by atoms with van der Waals surface area (Å²) in [5.74, 6) is 0. The predicted molar refractivity (Wildman–Crippen MR) is 96.6 cm³/mol. The van der Waals surface area contributed by atoms with Crippen LogP contribution in [-0.4, -0.2) is 65.0 Å². The number of ether oxygens (including phenoxy) is 2. The minimum Gasteiger partial charge on any atom is -0.445 e. The van der Waals surface area contributed by atoms with E-state index >= 15 is 0 Å². The highest BCUT2D eigenvalue weighted by atomic mass is 16.6. The summed E-state index contributed by atoms with van der Waals surface area (Å²) >= 11 is 0. The van der Waals surface area contributed by atoms with Gasteiger partial charge in [-0.15, -0.1) is 0 Å². The summed E-state index contributed by atoms with van der Waals surface area (Å²) in [7, 11) is 1.61. The largest absolute Gasteiger partial charge is 0.445 e. The Kier molecular flexibility index (Phi) is 6.47. The molecule has 7 nitrogen and oxygen atoms in total. The van der Waals surface area contributed by atoms with Crippen LogP contribution < -0.4 is 0 Å². The maximum Gasteiger partial charge on any atom is 0.410 e. The highest BCUT2D eigenvalue weighted by molar-refractivity contribution is 5.70. The van der Waals surface area contributed by atoms with Crippen molar-refractivity contribution < 1.29 is 24.2 Å². The van der Waals surface area contributed by atoms with Gasteiger partial charge in [-0.25, -0.2) is 9.59 Å². The van der Waals surface area contributed by atoms with Crippen LogP contribution in [0.3, 0.4) is 0 Å². The third-order valence-electron chi connectivity index (χ3n) is 4.10. The first-order valence-corrected chi connectivity index (χ1v) is 8.75. The number of hydrogen-bond acceptors (Lipinski definition) is 5. The lowest BCUT2D eigenvalue weighted by Gasteiger charge is -2.39. The molecule has 0 saturated carbocycles. The molecule has 1 aromatic rings. The fourth-order valence-electron chi connectivity index (χ4n) is 2.77. The summed E-state index contributed by atoms with van der Waals surface area (Å²) in [5.41, 5.74) is 0.281. The third-order valence-corrected chi connectivity index (χ3v) is 4.10. The molecule has 2 atom stereocenters. The number of carbonyl (C=O) groups excluding carboxylic acids is 2. The Hall–Kier alpha value is -2.28. The molecule has 1 saturated heterocycles. The van der Waals surface area contributed by atoms with E-state index in [1.165, 1.54) is 9.80 Å². The van der Waals surface area contributed by atoms with E-state index in [-0.39, 0.29) is 19.2 Å². The second-order valence-corrected chi connectivity index (χ2v) is 7.58. The first-order valence-electron chi connectivity index (χ1n) is 8.75. The average molecular weight is 364 g/mol. The lowest BCUT2D eigenvalue weighted by molar-refractivity contribution is -0.0154. The highest BCUT2D eigenvalue weighted by Gasteiger charge is 2.35. The predicted octanol–water partition coefficient (Wildman–Crippen LogP) is 2.63. The molecule has 2 amide bonds. The van der Waals surface area contributed by atoms with Crippen LogP contribution in [0, 0.1) is 0 Å². The van der Waals surface area contributed by atoms with Crippen molar-refractivity contribution in [3.8, 4) is 0 Å². The lowest BCUT2D eigenvalue weighted by Crippen LogP contribution is -2.55. The average Bonchev–Trinajstić information content (AvgIpc) is 2.58. The molecule has 1 aromatic carbocycles. The number of piperidine rings is 1. The zero-order chi connectivity index (χ0) is 19.3. The van der Waals surface area contributed by atoms with Crippen LogP contribution in [0.15, 0.2) is 30.3 Å². The smallest absolute Gasteiger partial charge is 0.410 e. The normalized spacial score (nSPS) is 20.4. The molecule has 26 heavy (non-hydrogen) atoms. The van der Waals surface area contributed by atoms with Crippen LogP contribution in [0.2, 0.25) is 0 Å². The van der Waals surface area contributed by atoms with Gasteiger partial charge in [0.2, 0.25) is 0 Å². The minimum absolute atomic E-state index is 0.176. The summed E-state index contributed by atoms with van der Waals surface area (Å²) in [6.45, 7) is 6.03. The van der Waals surface area contributed by atoms with Gasteiger partial charge in [0.05, 0.1) is 18.7 Å². The number of likely N-dealkylation sites (N-methyl/N-ethyl adjacent to an activating group) is 1. The van der Waals surface area contributed by atoms with Crippen molar-refractivity contribution in [2.24, 2.45) is 0 Å². The summed E-state index contributed by atoms with van der Waals surface area (Å²) in [4.78, 5) is 27.4. The number of nitrogens with zero attached hydrogens (tertiary/aromatic N) is 2. The molecule has 0 unspecified atom stereocenters. The lowest BCUT2D eigenvalue weighted by atomic mass is 10.0. The molecule has 0 aromatic heterocycles. The second-order valence-electron chi connectivity index (χ2n) is 7.58. The van der Waals surface area contributed by atoms with Gasteiger partial charge in [-0.2, -0.15) is 0 Å². The highest BCUT2D eigenvalue weighted by Crippen LogP contribution is 2.19. The molecule has 1 N–H and O–H groups in total. The molecule has 2 rings (SSSR count). The Balaban J connectivity index is 1.93. The van der Waals surface area contributed by atoms with Gasteiger partial charge in [0, 0.05) is 13.6 Å². The van der Waals surface area contributed by atoms with Gasteiger partial charge in [0.1, 0.15) is 12.2 Å². The van der Waals surface area contributed by atoms with Gasteiger partial charge in [-0.3, -0.25) is 0 Å². The fraction of sp³-hybridized carbons (Fsp3) is 0.579. The Morgan fingerprint density at radius 2 is 1.88 bits per heavy atom. The molecule has 144 valence electrons. The number of hydrogen-bond donors (Lipinski definition) is 1. The van der Waals surface area contributed by atoms with Crippen molar-refractivity contribution in [1.82, 2.24) is 9.80 Å². The summed E-state index contributed by atoms with van der Waals surface area (Å²) in [5, 5.41) is 10.1. The van der Waals surface area contributed by atoms with E-state index in [0.29, 0.717) is 13.0 Å². The fourth-order valence-corrected chi connectivity index (χ4v) is 2.77. The summed E-state index contributed by atoms with van der Waals surface area (Å²) in [6, 6.07) is 9.07. The van der Waals surface area contributed by atoms with Gasteiger partial charge in [0.15, 0.2) is 0 Å². The van der Waals surface area contributed by atoms with Crippen molar-refractivity contribution in [2.75, 3.05) is 20.1 Å². The molecule has 1 aliphatic rings. The van der Waals surface area contributed by atoms with E-state index in [4.69, 9.17) is 9.47 Å². The maximum atomic E-state index is 12.3. The number of aliphatic hydroxyl groups is 1. The van der Waals surface area contributed by atoms with Gasteiger partial charge in [-0.1, -0.05) is 30.3 Å². The molecule has 1 fully saturated rings. The van der Waals surface area contributed by atoms with Crippen molar-refractivity contribution in [1.29, 1.82) is 0 Å². The van der Waals surface area contributed by atoms with E-state index in [1.54, 1.807) is 27.8 Å². The molecular formula is C19H28N2O5. The van der Waals surface area contributed by atoms with E-state index < -0.39 is 23.9 Å².